The second kappa shape index (κ2) is 57.1. The molecule has 1 rings (SSSR count). The Morgan fingerprint density at radius 1 is 0.449 bits per heavy atom. The van der Waals surface area contributed by atoms with Crippen LogP contribution in [0.1, 0.15) is 264 Å². The molecule has 78 heavy (non-hydrogen) atoms. The predicted octanol–water partition coefficient (Wildman–Crippen LogP) is 16.9. The Morgan fingerprint density at radius 3 is 1.18 bits per heavy atom. The Hall–Kier alpha value is -3.15. The number of carbonyl (C=O) groups is 1. The summed E-state index contributed by atoms with van der Waals surface area (Å²) in [6, 6.07) is -0.725. The molecule has 0 spiro atoms. The second-order valence-electron chi connectivity index (χ2n) is 21.8. The number of ether oxygens (including phenoxy) is 2. The lowest BCUT2D eigenvalue weighted by molar-refractivity contribution is -0.302. The fraction of sp³-hybridized carbons (Fsp3) is 0.725. The summed E-state index contributed by atoms with van der Waals surface area (Å²) < 4.78 is 11.3. The Labute approximate surface area is 478 Å². The summed E-state index contributed by atoms with van der Waals surface area (Å²) in [5.74, 6) is -0.148. The molecule has 0 bridgehead atoms. The lowest BCUT2D eigenvalue weighted by Gasteiger charge is -2.40. The number of amides is 1. The summed E-state index contributed by atoms with van der Waals surface area (Å²) in [7, 11) is 0. The number of hydrogen-bond acceptors (Lipinski definition) is 8. The normalized spacial score (nSPS) is 19.4. The van der Waals surface area contributed by atoms with Crippen LogP contribution >= 0.6 is 0 Å². The molecule has 1 amide bonds. The highest BCUT2D eigenvalue weighted by molar-refractivity contribution is 5.76. The van der Waals surface area contributed by atoms with Crippen molar-refractivity contribution in [2.45, 2.75) is 307 Å². The quantitative estimate of drug-likeness (QED) is 0.0261. The van der Waals surface area contributed by atoms with E-state index in [9.17, 15) is 30.3 Å². The lowest BCUT2D eigenvalue weighted by Crippen LogP contribution is -2.60. The first-order valence-corrected chi connectivity index (χ1v) is 32.1. The summed E-state index contributed by atoms with van der Waals surface area (Å²) in [6.07, 6.45) is 77.1. The monoisotopic (exact) mass is 1090 g/mol. The van der Waals surface area contributed by atoms with Crippen molar-refractivity contribution < 1.29 is 39.8 Å². The molecule has 0 saturated carbocycles. The molecule has 0 aromatic heterocycles. The van der Waals surface area contributed by atoms with E-state index < -0.39 is 49.5 Å². The van der Waals surface area contributed by atoms with Crippen LogP contribution in [0.3, 0.4) is 0 Å². The molecule has 7 atom stereocenters. The summed E-state index contributed by atoms with van der Waals surface area (Å²) >= 11 is 0. The van der Waals surface area contributed by atoms with E-state index in [2.05, 4.69) is 129 Å². The highest BCUT2D eigenvalue weighted by atomic mass is 16.7. The van der Waals surface area contributed by atoms with Gasteiger partial charge in [0.25, 0.3) is 0 Å². The van der Waals surface area contributed by atoms with Crippen molar-refractivity contribution in [3.8, 4) is 0 Å². The third kappa shape index (κ3) is 45.6. The molecule has 7 unspecified atom stereocenters. The standard InChI is InChI=1S/C69H119NO8/c1-3-5-7-9-11-13-15-17-19-20-21-22-23-24-25-26-27-28-29-30-31-32-33-34-35-36-37-38-39-40-41-42-43-44-45-47-49-51-53-55-57-59-65(73)70-62(61-77-69-68(76)67(75)66(74)64(60-71)78-69)63(72)58-56-54-52-50-48-46-18-16-14-12-10-8-6-4-2/h5,7,11,13,17,19,21-22,24-25,27-28,30-31,33-34,36-37,62-64,66-69,71-72,74-76H,3-4,6,8-10,12,14-16,18,20,23,26,29,32,35,38-61H2,1-2H3,(H,70,73)/b7-5-,13-11-,19-17-,22-21-,25-24-,28-27-,31-30-,34-33-,37-36-. The smallest absolute Gasteiger partial charge is 0.220 e. The van der Waals surface area contributed by atoms with Crippen molar-refractivity contribution >= 4 is 5.91 Å². The van der Waals surface area contributed by atoms with Gasteiger partial charge >= 0.3 is 0 Å². The number of carbonyl (C=O) groups excluding carboxylic acids is 1. The molecule has 1 saturated heterocycles. The van der Waals surface area contributed by atoms with Crippen molar-refractivity contribution in [3.05, 3.63) is 109 Å². The van der Waals surface area contributed by atoms with E-state index in [0.717, 1.165) is 96.3 Å². The van der Waals surface area contributed by atoms with Crippen molar-refractivity contribution in [1.82, 2.24) is 5.32 Å². The Bertz CT molecular complexity index is 1590. The molecule has 0 aromatic rings. The molecular formula is C69H119NO8. The van der Waals surface area contributed by atoms with E-state index in [1.807, 2.05) is 0 Å². The van der Waals surface area contributed by atoms with Gasteiger partial charge in [0.1, 0.15) is 24.4 Å². The third-order valence-corrected chi connectivity index (χ3v) is 14.6. The zero-order valence-electron chi connectivity index (χ0n) is 49.9. The zero-order chi connectivity index (χ0) is 56.5. The maximum absolute atomic E-state index is 13.1. The second-order valence-corrected chi connectivity index (χ2v) is 21.8. The Morgan fingerprint density at radius 2 is 0.795 bits per heavy atom. The molecule has 1 heterocycles. The minimum atomic E-state index is -1.56. The number of unbranched alkanes of at least 4 members (excludes halogenated alkanes) is 26. The summed E-state index contributed by atoms with van der Waals surface area (Å²) in [5.41, 5.74) is 0. The molecule has 0 aromatic carbocycles. The molecule has 6 N–H and O–H groups in total. The Kier molecular flexibility index (Phi) is 53.3. The van der Waals surface area contributed by atoms with Crippen LogP contribution in [0.25, 0.3) is 0 Å². The highest BCUT2D eigenvalue weighted by Gasteiger charge is 2.44. The number of hydrogen-bond donors (Lipinski definition) is 6. The van der Waals surface area contributed by atoms with Gasteiger partial charge < -0.3 is 40.3 Å². The van der Waals surface area contributed by atoms with Gasteiger partial charge in [-0.15, -0.1) is 0 Å². The van der Waals surface area contributed by atoms with Crippen LogP contribution in [0.15, 0.2) is 109 Å². The molecule has 0 radical (unpaired) electrons. The number of nitrogens with one attached hydrogen (secondary N) is 1. The summed E-state index contributed by atoms with van der Waals surface area (Å²) in [6.45, 7) is 3.73. The fourth-order valence-electron chi connectivity index (χ4n) is 9.63. The van der Waals surface area contributed by atoms with Gasteiger partial charge in [0, 0.05) is 6.42 Å². The maximum Gasteiger partial charge on any atom is 0.220 e. The van der Waals surface area contributed by atoms with Crippen molar-refractivity contribution in [3.63, 3.8) is 0 Å². The minimum Gasteiger partial charge on any atom is -0.394 e. The van der Waals surface area contributed by atoms with Crippen LogP contribution in [-0.4, -0.2) is 87.5 Å². The molecular weight excluding hydrogens is 971 g/mol. The van der Waals surface area contributed by atoms with Gasteiger partial charge in [-0.25, -0.2) is 0 Å². The first-order chi connectivity index (χ1) is 38.3. The molecule has 1 aliphatic heterocycles. The van der Waals surface area contributed by atoms with Crippen LogP contribution in [0.4, 0.5) is 0 Å². The fourth-order valence-corrected chi connectivity index (χ4v) is 9.63. The van der Waals surface area contributed by atoms with Crippen LogP contribution in [0.5, 0.6) is 0 Å². The van der Waals surface area contributed by atoms with Crippen LogP contribution in [0, 0.1) is 0 Å². The number of allylic oxidation sites excluding steroid dienone is 18. The van der Waals surface area contributed by atoms with Gasteiger partial charge in [-0.05, 0) is 83.5 Å². The SMILES string of the molecule is CC/C=C\C/C=C\C/C=C\C/C=C\C/C=C\C/C=C\C/C=C\C/C=C\C/C=C\CCCCCCCCCCCCCCCC(=O)NC(COC1OC(CO)C(O)C(O)C1O)C(O)CCCCCCCCCCCCCCCC. The van der Waals surface area contributed by atoms with Crippen LogP contribution in [0.2, 0.25) is 0 Å². The first-order valence-electron chi connectivity index (χ1n) is 32.1. The van der Waals surface area contributed by atoms with E-state index in [-0.39, 0.29) is 12.5 Å². The number of aliphatic hydroxyl groups is 5. The number of rotatable bonds is 54. The average molecular weight is 1090 g/mol. The van der Waals surface area contributed by atoms with Gasteiger partial charge in [0.2, 0.25) is 5.91 Å². The van der Waals surface area contributed by atoms with Gasteiger partial charge in [-0.3, -0.25) is 4.79 Å². The topological polar surface area (TPSA) is 149 Å². The van der Waals surface area contributed by atoms with E-state index in [4.69, 9.17) is 9.47 Å². The molecule has 448 valence electrons. The van der Waals surface area contributed by atoms with E-state index >= 15 is 0 Å². The molecule has 1 aliphatic rings. The van der Waals surface area contributed by atoms with Gasteiger partial charge in [-0.2, -0.15) is 0 Å². The molecule has 9 heteroatoms. The minimum absolute atomic E-state index is 0.141. The van der Waals surface area contributed by atoms with E-state index in [0.29, 0.717) is 12.8 Å². The largest absolute Gasteiger partial charge is 0.394 e. The van der Waals surface area contributed by atoms with Crippen molar-refractivity contribution in [1.29, 1.82) is 0 Å². The number of aliphatic hydroxyl groups excluding tert-OH is 5. The van der Waals surface area contributed by atoms with Gasteiger partial charge in [-0.1, -0.05) is 284 Å². The first kappa shape index (κ1) is 72.9. The molecule has 9 nitrogen and oxygen atoms in total. The highest BCUT2D eigenvalue weighted by Crippen LogP contribution is 2.23. The Balaban J connectivity index is 2.09. The van der Waals surface area contributed by atoms with Crippen LogP contribution < -0.4 is 5.32 Å². The maximum atomic E-state index is 13.1. The average Bonchev–Trinajstić information content (AvgIpc) is 3.46. The van der Waals surface area contributed by atoms with Gasteiger partial charge in [0.15, 0.2) is 6.29 Å². The van der Waals surface area contributed by atoms with Crippen molar-refractivity contribution in [2.75, 3.05) is 13.2 Å². The van der Waals surface area contributed by atoms with E-state index in [1.165, 1.54) is 141 Å². The molecule has 1 fully saturated rings. The summed E-state index contributed by atoms with van der Waals surface area (Å²) in [5, 5.41) is 54.7. The summed E-state index contributed by atoms with van der Waals surface area (Å²) in [4.78, 5) is 13.1. The third-order valence-electron chi connectivity index (χ3n) is 14.6. The molecule has 0 aliphatic carbocycles. The lowest BCUT2D eigenvalue weighted by atomic mass is 9.99. The van der Waals surface area contributed by atoms with Crippen LogP contribution in [-0.2, 0) is 14.3 Å². The van der Waals surface area contributed by atoms with Gasteiger partial charge in [0.05, 0.1) is 25.4 Å². The predicted molar refractivity (Wildman–Crippen MR) is 331 cm³/mol. The zero-order valence-corrected chi connectivity index (χ0v) is 49.9. The van der Waals surface area contributed by atoms with Crippen molar-refractivity contribution in [2.24, 2.45) is 0 Å². The van der Waals surface area contributed by atoms with E-state index in [1.54, 1.807) is 0 Å².